The molecule has 2 aromatic heterocycles. The number of urea groups is 1. The Morgan fingerprint density at radius 1 is 1.15 bits per heavy atom. The van der Waals surface area contributed by atoms with Crippen LogP contribution in [0.4, 0.5) is 30.6 Å². The maximum atomic E-state index is 15.6. The number of aryl methyl sites for hydroxylation is 1. The molecule has 1 aliphatic rings. The first-order valence-electron chi connectivity index (χ1n) is 12.2. The normalized spacial score (nSPS) is 13.5. The lowest BCUT2D eigenvalue weighted by molar-refractivity contribution is 0.251. The number of benzene rings is 2. The number of hydrogen-bond acceptors (Lipinski definition) is 8. The molecule has 0 aliphatic carbocycles. The zero-order chi connectivity index (χ0) is 28.7. The first-order chi connectivity index (χ1) is 19.2. The molecule has 2 aromatic carbocycles. The molecule has 40 heavy (non-hydrogen) atoms. The van der Waals surface area contributed by atoms with Crippen LogP contribution in [0, 0.1) is 24.0 Å². The minimum Gasteiger partial charge on any atom is -0.493 e. The van der Waals surface area contributed by atoms with Crippen molar-refractivity contribution in [2.45, 2.75) is 20.4 Å². The lowest BCUT2D eigenvalue weighted by Crippen LogP contribution is -2.46. The van der Waals surface area contributed by atoms with Gasteiger partial charge in [0.1, 0.15) is 11.2 Å². The number of halogens is 2. The SMILES string of the molecule is CN/C=C(\C(C)=N)c1cc2c(cn1)CN(c1c(F)c(OC)cc(OC)c1F)C(=O)N2c1ccc2nc(C)oc2c1. The summed E-state index contributed by atoms with van der Waals surface area (Å²) >= 11 is 0. The third-order valence-electron chi connectivity index (χ3n) is 6.48. The van der Waals surface area contributed by atoms with Crippen LogP contribution in [-0.4, -0.2) is 43.0 Å². The number of carbonyl (C=O) groups is 1. The molecular weight excluding hydrogens is 522 g/mol. The van der Waals surface area contributed by atoms with Crippen LogP contribution < -0.4 is 24.6 Å². The summed E-state index contributed by atoms with van der Waals surface area (Å²) in [5.41, 5.74) is 2.91. The fourth-order valence-electron chi connectivity index (χ4n) is 4.63. The van der Waals surface area contributed by atoms with Gasteiger partial charge in [0.2, 0.25) is 0 Å². The summed E-state index contributed by atoms with van der Waals surface area (Å²) in [4.78, 5) is 25.3. The van der Waals surface area contributed by atoms with E-state index in [0.717, 1.165) is 11.0 Å². The van der Waals surface area contributed by atoms with E-state index in [1.807, 2.05) is 0 Å². The fourth-order valence-corrected chi connectivity index (χ4v) is 4.63. The van der Waals surface area contributed by atoms with Crippen molar-refractivity contribution >= 4 is 45.5 Å². The van der Waals surface area contributed by atoms with Crippen LogP contribution in [0.15, 0.2) is 47.1 Å². The Bertz CT molecular complexity index is 1670. The van der Waals surface area contributed by atoms with Crippen molar-refractivity contribution < 1.29 is 27.5 Å². The van der Waals surface area contributed by atoms with Crippen LogP contribution in [0.3, 0.4) is 0 Å². The molecule has 0 atom stereocenters. The zero-order valence-corrected chi connectivity index (χ0v) is 22.4. The van der Waals surface area contributed by atoms with Crippen molar-refractivity contribution in [2.75, 3.05) is 31.1 Å². The highest BCUT2D eigenvalue weighted by atomic mass is 19.1. The van der Waals surface area contributed by atoms with Crippen LogP contribution in [-0.2, 0) is 6.54 Å². The Kier molecular flexibility index (Phi) is 6.84. The lowest BCUT2D eigenvalue weighted by Gasteiger charge is -2.37. The van der Waals surface area contributed by atoms with E-state index >= 15 is 8.78 Å². The van der Waals surface area contributed by atoms with Gasteiger partial charge >= 0.3 is 6.03 Å². The lowest BCUT2D eigenvalue weighted by atomic mass is 10.0. The fraction of sp³-hybridized carbons (Fsp3) is 0.214. The van der Waals surface area contributed by atoms with Crippen molar-refractivity contribution in [3.05, 3.63) is 71.5 Å². The van der Waals surface area contributed by atoms with Crippen molar-refractivity contribution in [2.24, 2.45) is 0 Å². The number of aromatic nitrogens is 2. The van der Waals surface area contributed by atoms with Gasteiger partial charge < -0.3 is 24.6 Å². The smallest absolute Gasteiger partial charge is 0.334 e. The molecule has 0 radical (unpaired) electrons. The van der Waals surface area contributed by atoms with Gasteiger partial charge in [-0.15, -0.1) is 0 Å². The van der Waals surface area contributed by atoms with Gasteiger partial charge in [0.25, 0.3) is 0 Å². The number of amides is 2. The van der Waals surface area contributed by atoms with E-state index < -0.39 is 23.4 Å². The van der Waals surface area contributed by atoms with Gasteiger partial charge in [0.15, 0.2) is 34.6 Å². The van der Waals surface area contributed by atoms with E-state index in [4.69, 9.17) is 19.3 Å². The minimum atomic E-state index is -1.05. The van der Waals surface area contributed by atoms with Crippen molar-refractivity contribution in [3.63, 3.8) is 0 Å². The molecule has 12 heteroatoms. The second-order valence-corrected chi connectivity index (χ2v) is 9.02. The number of pyridine rings is 1. The monoisotopic (exact) mass is 548 g/mol. The third-order valence-corrected chi connectivity index (χ3v) is 6.48. The molecule has 0 saturated heterocycles. The van der Waals surface area contributed by atoms with E-state index in [2.05, 4.69) is 15.3 Å². The molecule has 0 unspecified atom stereocenters. The summed E-state index contributed by atoms with van der Waals surface area (Å²) in [5.74, 6) is -2.23. The number of oxazole rings is 1. The standard InChI is InChI=1S/C28H26F2N6O4/c1-14(31)18(12-32-3)20-9-21-16(11-33-20)13-35(27-25(29)23(38-4)10-24(39-5)26(27)30)28(37)36(21)17-6-7-19-22(8-17)40-15(2)34-19/h6-12,31-32H,13H2,1-5H3/b18-12+,31-14?. The number of anilines is 3. The summed E-state index contributed by atoms with van der Waals surface area (Å²) < 4.78 is 47.0. The second-order valence-electron chi connectivity index (χ2n) is 9.02. The molecule has 2 amide bonds. The van der Waals surface area contributed by atoms with Crippen LogP contribution in [0.2, 0.25) is 0 Å². The number of fused-ring (bicyclic) bond motifs is 2. The summed E-state index contributed by atoms with van der Waals surface area (Å²) in [5, 5.41) is 11.1. The van der Waals surface area contributed by atoms with Gasteiger partial charge in [-0.2, -0.15) is 0 Å². The number of ether oxygens (including phenoxy) is 2. The molecule has 3 heterocycles. The molecule has 4 aromatic rings. The zero-order valence-electron chi connectivity index (χ0n) is 22.4. The molecule has 0 fully saturated rings. The molecular formula is C28H26F2N6O4. The van der Waals surface area contributed by atoms with Crippen LogP contribution >= 0.6 is 0 Å². The van der Waals surface area contributed by atoms with Gasteiger partial charge in [-0.1, -0.05) is 0 Å². The average molecular weight is 549 g/mol. The first kappa shape index (κ1) is 26.6. The summed E-state index contributed by atoms with van der Waals surface area (Å²) in [6, 6.07) is 7.00. The topological polar surface area (TPSA) is 117 Å². The number of nitrogens with one attached hydrogen (secondary N) is 2. The van der Waals surface area contributed by atoms with Crippen LogP contribution in [0.5, 0.6) is 11.5 Å². The molecule has 206 valence electrons. The Labute approximate surface area is 228 Å². The first-order valence-corrected chi connectivity index (χ1v) is 12.2. The quantitative estimate of drug-likeness (QED) is 0.284. The summed E-state index contributed by atoms with van der Waals surface area (Å²) in [7, 11) is 4.18. The van der Waals surface area contributed by atoms with Gasteiger partial charge in [0, 0.05) is 55.3 Å². The number of methoxy groups -OCH3 is 2. The number of nitrogens with zero attached hydrogens (tertiary/aromatic N) is 4. The van der Waals surface area contributed by atoms with Crippen molar-refractivity contribution in [1.29, 1.82) is 5.41 Å². The van der Waals surface area contributed by atoms with Gasteiger partial charge in [0.05, 0.1) is 37.8 Å². The van der Waals surface area contributed by atoms with E-state index in [-0.39, 0.29) is 23.8 Å². The predicted molar refractivity (Wildman–Crippen MR) is 147 cm³/mol. The van der Waals surface area contributed by atoms with E-state index in [1.165, 1.54) is 25.3 Å². The van der Waals surface area contributed by atoms with Gasteiger partial charge in [-0.05, 0) is 25.1 Å². The Morgan fingerprint density at radius 3 is 2.48 bits per heavy atom. The molecule has 0 bridgehead atoms. The molecule has 2 N–H and O–H groups in total. The maximum Gasteiger partial charge on any atom is 0.334 e. The van der Waals surface area contributed by atoms with Gasteiger partial charge in [-0.25, -0.2) is 18.6 Å². The Hall–Kier alpha value is -5.00. The van der Waals surface area contributed by atoms with Crippen molar-refractivity contribution in [3.8, 4) is 11.5 Å². The van der Waals surface area contributed by atoms with E-state index in [1.54, 1.807) is 51.4 Å². The summed E-state index contributed by atoms with van der Waals surface area (Å²) in [6.07, 6.45) is 3.16. The molecule has 10 nitrogen and oxygen atoms in total. The number of carbonyl (C=O) groups excluding carboxylic acids is 1. The molecule has 1 aliphatic heterocycles. The predicted octanol–water partition coefficient (Wildman–Crippen LogP) is 5.70. The minimum absolute atomic E-state index is 0.194. The van der Waals surface area contributed by atoms with E-state index in [9.17, 15) is 4.79 Å². The largest absolute Gasteiger partial charge is 0.493 e. The molecule has 0 spiro atoms. The number of rotatable bonds is 7. The number of allylic oxidation sites excluding steroid dienone is 1. The average Bonchev–Trinajstić information content (AvgIpc) is 3.31. The summed E-state index contributed by atoms with van der Waals surface area (Å²) in [6.45, 7) is 3.13. The van der Waals surface area contributed by atoms with Crippen LogP contribution in [0.1, 0.15) is 24.1 Å². The highest BCUT2D eigenvalue weighted by Crippen LogP contribution is 2.43. The maximum absolute atomic E-state index is 15.6. The Balaban J connectivity index is 1.75. The molecule has 5 rings (SSSR count). The highest BCUT2D eigenvalue weighted by Gasteiger charge is 2.38. The van der Waals surface area contributed by atoms with Crippen molar-refractivity contribution in [1.82, 2.24) is 15.3 Å². The van der Waals surface area contributed by atoms with E-state index in [0.29, 0.717) is 45.2 Å². The van der Waals surface area contributed by atoms with Crippen LogP contribution in [0.25, 0.3) is 16.7 Å². The molecule has 0 saturated carbocycles. The number of hydrogen-bond donors (Lipinski definition) is 2. The van der Waals surface area contributed by atoms with Gasteiger partial charge in [-0.3, -0.25) is 14.8 Å². The highest BCUT2D eigenvalue weighted by molar-refractivity contribution is 6.21. The second kappa shape index (κ2) is 10.3. The Morgan fingerprint density at radius 2 is 1.85 bits per heavy atom. The third kappa shape index (κ3) is 4.36.